The zero-order valence-electron chi connectivity index (χ0n) is 14.3. The molecular weight excluding hydrogens is 268 g/mol. The van der Waals surface area contributed by atoms with Gasteiger partial charge in [-0.1, -0.05) is 13.8 Å². The van der Waals surface area contributed by atoms with E-state index >= 15 is 0 Å². The highest BCUT2D eigenvalue weighted by Gasteiger charge is 2.42. The summed E-state index contributed by atoms with van der Waals surface area (Å²) in [7, 11) is 0. The van der Waals surface area contributed by atoms with Crippen LogP contribution in [-0.2, 0) is 9.53 Å². The van der Waals surface area contributed by atoms with Crippen LogP contribution in [0.3, 0.4) is 0 Å². The van der Waals surface area contributed by atoms with Gasteiger partial charge < -0.3 is 14.9 Å². The minimum absolute atomic E-state index is 0.0254. The SMILES string of the molecule is CCC(C)C(=O)OC1CC(C(C)(C)O)CC(C(C)(C)O)C1. The molecule has 4 nitrogen and oxygen atoms in total. The zero-order valence-corrected chi connectivity index (χ0v) is 14.3. The second-order valence-electron chi connectivity index (χ2n) is 7.78. The van der Waals surface area contributed by atoms with Crippen LogP contribution < -0.4 is 0 Å². The molecule has 0 amide bonds. The van der Waals surface area contributed by atoms with Gasteiger partial charge in [0.05, 0.1) is 17.1 Å². The van der Waals surface area contributed by atoms with Crippen molar-refractivity contribution in [2.45, 2.75) is 84.5 Å². The van der Waals surface area contributed by atoms with Crippen molar-refractivity contribution >= 4 is 5.97 Å². The van der Waals surface area contributed by atoms with Crippen molar-refractivity contribution in [2.75, 3.05) is 0 Å². The fourth-order valence-corrected chi connectivity index (χ4v) is 2.96. The largest absolute Gasteiger partial charge is 0.462 e. The Balaban J connectivity index is 2.81. The first-order valence-electron chi connectivity index (χ1n) is 8.10. The first-order valence-corrected chi connectivity index (χ1v) is 8.10. The van der Waals surface area contributed by atoms with E-state index in [9.17, 15) is 15.0 Å². The molecule has 0 spiro atoms. The summed E-state index contributed by atoms with van der Waals surface area (Å²) in [6.45, 7) is 11.0. The zero-order chi connectivity index (χ0) is 16.4. The van der Waals surface area contributed by atoms with Crippen LogP contribution in [-0.4, -0.2) is 33.5 Å². The molecule has 0 aromatic rings. The third kappa shape index (κ3) is 5.26. The van der Waals surface area contributed by atoms with Gasteiger partial charge in [0, 0.05) is 0 Å². The lowest BCUT2D eigenvalue weighted by Gasteiger charge is -2.44. The topological polar surface area (TPSA) is 66.8 Å². The molecule has 0 aromatic heterocycles. The van der Waals surface area contributed by atoms with Crippen molar-refractivity contribution in [3.63, 3.8) is 0 Å². The Bertz CT molecular complexity index is 329. The molecule has 1 aliphatic carbocycles. The van der Waals surface area contributed by atoms with Gasteiger partial charge in [-0.15, -0.1) is 0 Å². The van der Waals surface area contributed by atoms with E-state index in [1.165, 1.54) is 0 Å². The second kappa shape index (κ2) is 6.66. The summed E-state index contributed by atoms with van der Waals surface area (Å²) in [5, 5.41) is 20.6. The van der Waals surface area contributed by atoms with E-state index in [-0.39, 0.29) is 29.8 Å². The van der Waals surface area contributed by atoms with Crippen molar-refractivity contribution in [3.05, 3.63) is 0 Å². The molecule has 0 radical (unpaired) electrons. The standard InChI is InChI=1S/C17H32O4/c1-7-11(2)15(18)21-14-9-12(16(3,4)19)8-13(10-14)17(5,6)20/h11-14,19-20H,7-10H2,1-6H3. The van der Waals surface area contributed by atoms with Crippen LogP contribution in [0, 0.1) is 17.8 Å². The normalized spacial score (nSPS) is 29.0. The molecule has 0 heterocycles. The molecule has 1 fully saturated rings. The second-order valence-corrected chi connectivity index (χ2v) is 7.78. The summed E-state index contributed by atoms with van der Waals surface area (Å²) >= 11 is 0. The van der Waals surface area contributed by atoms with Crippen molar-refractivity contribution < 1.29 is 19.7 Å². The molecule has 1 aliphatic rings. The summed E-state index contributed by atoms with van der Waals surface area (Å²) in [5.41, 5.74) is -1.66. The van der Waals surface area contributed by atoms with Gasteiger partial charge in [0.2, 0.25) is 0 Å². The number of carbonyl (C=O) groups is 1. The number of rotatable bonds is 5. The van der Waals surface area contributed by atoms with E-state index in [4.69, 9.17) is 4.74 Å². The van der Waals surface area contributed by atoms with Gasteiger partial charge in [-0.05, 0) is 65.2 Å². The predicted molar refractivity (Wildman–Crippen MR) is 82.8 cm³/mol. The molecule has 21 heavy (non-hydrogen) atoms. The monoisotopic (exact) mass is 300 g/mol. The van der Waals surface area contributed by atoms with E-state index in [0.717, 1.165) is 12.8 Å². The number of hydrogen-bond acceptors (Lipinski definition) is 4. The fraction of sp³-hybridized carbons (Fsp3) is 0.941. The van der Waals surface area contributed by atoms with E-state index in [1.54, 1.807) is 27.7 Å². The van der Waals surface area contributed by atoms with Crippen LogP contribution in [0.1, 0.15) is 67.2 Å². The Kier molecular flexibility index (Phi) is 5.84. The van der Waals surface area contributed by atoms with Gasteiger partial charge in [-0.25, -0.2) is 0 Å². The van der Waals surface area contributed by atoms with E-state index in [2.05, 4.69) is 0 Å². The summed E-state index contributed by atoms with van der Waals surface area (Å²) in [5.74, 6) is -0.226. The number of hydrogen-bond donors (Lipinski definition) is 2. The van der Waals surface area contributed by atoms with Crippen LogP contribution >= 0.6 is 0 Å². The third-order valence-corrected chi connectivity index (χ3v) is 4.96. The lowest BCUT2D eigenvalue weighted by Crippen LogP contribution is -2.46. The Hall–Kier alpha value is -0.610. The number of ether oxygens (including phenoxy) is 1. The lowest BCUT2D eigenvalue weighted by atomic mass is 9.68. The molecule has 0 aliphatic heterocycles. The first-order chi connectivity index (χ1) is 9.45. The maximum atomic E-state index is 12.0. The van der Waals surface area contributed by atoms with Gasteiger partial charge in [-0.2, -0.15) is 0 Å². The molecule has 0 saturated heterocycles. The van der Waals surface area contributed by atoms with Gasteiger partial charge in [-0.3, -0.25) is 4.79 Å². The molecule has 2 N–H and O–H groups in total. The molecule has 3 atom stereocenters. The van der Waals surface area contributed by atoms with Crippen LogP contribution in [0.4, 0.5) is 0 Å². The van der Waals surface area contributed by atoms with E-state index < -0.39 is 11.2 Å². The highest BCUT2D eigenvalue weighted by molar-refractivity contribution is 5.72. The summed E-state index contributed by atoms with van der Waals surface area (Å²) in [6.07, 6.45) is 2.63. The van der Waals surface area contributed by atoms with Gasteiger partial charge in [0.15, 0.2) is 0 Å². The third-order valence-electron chi connectivity index (χ3n) is 4.96. The average molecular weight is 300 g/mol. The number of aliphatic hydroxyl groups is 2. The first kappa shape index (κ1) is 18.4. The highest BCUT2D eigenvalue weighted by atomic mass is 16.5. The lowest BCUT2D eigenvalue weighted by molar-refractivity contribution is -0.163. The van der Waals surface area contributed by atoms with Gasteiger partial charge in [0.1, 0.15) is 6.10 Å². The van der Waals surface area contributed by atoms with Crippen LogP contribution in [0.25, 0.3) is 0 Å². The number of carbonyl (C=O) groups excluding carboxylic acids is 1. The highest BCUT2D eigenvalue weighted by Crippen LogP contribution is 2.41. The maximum absolute atomic E-state index is 12.0. The smallest absolute Gasteiger partial charge is 0.308 e. The van der Waals surface area contributed by atoms with Crippen LogP contribution in [0.5, 0.6) is 0 Å². The number of esters is 1. The van der Waals surface area contributed by atoms with Crippen LogP contribution in [0.15, 0.2) is 0 Å². The average Bonchev–Trinajstić information content (AvgIpc) is 2.35. The fourth-order valence-electron chi connectivity index (χ4n) is 2.96. The Labute approximate surface area is 128 Å². The molecule has 124 valence electrons. The summed E-state index contributed by atoms with van der Waals surface area (Å²) < 4.78 is 5.63. The van der Waals surface area contributed by atoms with Crippen molar-refractivity contribution in [1.29, 1.82) is 0 Å². The van der Waals surface area contributed by atoms with Crippen molar-refractivity contribution in [2.24, 2.45) is 17.8 Å². The molecule has 0 aromatic carbocycles. The quantitative estimate of drug-likeness (QED) is 0.766. The van der Waals surface area contributed by atoms with Crippen molar-refractivity contribution in [3.8, 4) is 0 Å². The van der Waals surface area contributed by atoms with Gasteiger partial charge >= 0.3 is 5.97 Å². The maximum Gasteiger partial charge on any atom is 0.308 e. The minimum atomic E-state index is -0.828. The van der Waals surface area contributed by atoms with Crippen molar-refractivity contribution in [1.82, 2.24) is 0 Å². The molecule has 3 unspecified atom stereocenters. The molecule has 0 bridgehead atoms. The Morgan fingerprint density at radius 1 is 1.10 bits per heavy atom. The van der Waals surface area contributed by atoms with Crippen LogP contribution in [0.2, 0.25) is 0 Å². The molecule has 1 saturated carbocycles. The Morgan fingerprint density at radius 3 is 1.86 bits per heavy atom. The Morgan fingerprint density at radius 2 is 1.52 bits per heavy atom. The minimum Gasteiger partial charge on any atom is -0.462 e. The summed E-state index contributed by atoms with van der Waals surface area (Å²) in [6, 6.07) is 0. The van der Waals surface area contributed by atoms with E-state index in [1.807, 2.05) is 13.8 Å². The molecule has 4 heteroatoms. The van der Waals surface area contributed by atoms with E-state index in [0.29, 0.717) is 12.8 Å². The molecular formula is C17H32O4. The predicted octanol–water partition coefficient (Wildman–Crippen LogP) is 2.90. The summed E-state index contributed by atoms with van der Waals surface area (Å²) in [4.78, 5) is 12.0. The van der Waals surface area contributed by atoms with Gasteiger partial charge in [0.25, 0.3) is 0 Å². The molecule has 1 rings (SSSR count).